The Morgan fingerprint density at radius 1 is 1.03 bits per heavy atom. The SMILES string of the molecule is CCCOc1ccc2ccccc2c1CN(C)C(=O)c1ccc(Cl)c(S(=O)(=O)N(C)C)c1. The van der Waals surface area contributed by atoms with Crippen molar-refractivity contribution in [2.75, 3.05) is 27.7 Å². The molecule has 32 heavy (non-hydrogen) atoms. The molecule has 0 heterocycles. The lowest BCUT2D eigenvalue weighted by molar-refractivity contribution is 0.0784. The van der Waals surface area contributed by atoms with Crippen molar-refractivity contribution in [1.82, 2.24) is 9.21 Å². The Morgan fingerprint density at radius 3 is 2.44 bits per heavy atom. The molecule has 0 radical (unpaired) electrons. The van der Waals surface area contributed by atoms with Crippen molar-refractivity contribution in [3.05, 3.63) is 70.7 Å². The van der Waals surface area contributed by atoms with Crippen molar-refractivity contribution in [1.29, 1.82) is 0 Å². The lowest BCUT2D eigenvalue weighted by atomic mass is 10.0. The van der Waals surface area contributed by atoms with Crippen LogP contribution in [0.4, 0.5) is 0 Å². The first-order valence-corrected chi connectivity index (χ1v) is 12.1. The molecule has 1 amide bonds. The molecule has 8 heteroatoms. The monoisotopic (exact) mass is 474 g/mol. The molecule has 0 aliphatic rings. The molecule has 3 aromatic rings. The zero-order chi connectivity index (χ0) is 23.5. The molecule has 0 saturated heterocycles. The van der Waals surface area contributed by atoms with E-state index in [0.717, 1.165) is 32.8 Å². The summed E-state index contributed by atoms with van der Waals surface area (Å²) in [5, 5.41) is 2.13. The van der Waals surface area contributed by atoms with Crippen molar-refractivity contribution in [2.24, 2.45) is 0 Å². The van der Waals surface area contributed by atoms with Gasteiger partial charge >= 0.3 is 0 Å². The van der Waals surface area contributed by atoms with E-state index in [4.69, 9.17) is 16.3 Å². The van der Waals surface area contributed by atoms with Gasteiger partial charge in [0.15, 0.2) is 0 Å². The normalized spacial score (nSPS) is 11.7. The number of carbonyl (C=O) groups is 1. The number of benzene rings is 3. The van der Waals surface area contributed by atoms with Crippen LogP contribution in [0.2, 0.25) is 5.02 Å². The lowest BCUT2D eigenvalue weighted by Gasteiger charge is -2.22. The van der Waals surface area contributed by atoms with Gasteiger partial charge in [0.25, 0.3) is 5.91 Å². The lowest BCUT2D eigenvalue weighted by Crippen LogP contribution is -2.27. The van der Waals surface area contributed by atoms with Gasteiger partial charge in [0.1, 0.15) is 10.6 Å². The second-order valence-corrected chi connectivity index (χ2v) is 10.2. The summed E-state index contributed by atoms with van der Waals surface area (Å²) in [6.45, 7) is 2.92. The molecule has 0 spiro atoms. The molecule has 0 unspecified atom stereocenters. The summed E-state index contributed by atoms with van der Waals surface area (Å²) in [4.78, 5) is 14.7. The topological polar surface area (TPSA) is 66.9 Å². The summed E-state index contributed by atoms with van der Waals surface area (Å²) < 4.78 is 32.2. The van der Waals surface area contributed by atoms with E-state index >= 15 is 0 Å². The molecule has 0 bridgehead atoms. The summed E-state index contributed by atoms with van der Waals surface area (Å²) in [7, 11) is 0.742. The Hall–Kier alpha value is -2.61. The number of carbonyl (C=O) groups excluding carboxylic acids is 1. The van der Waals surface area contributed by atoms with E-state index in [1.165, 1.54) is 32.3 Å². The van der Waals surface area contributed by atoms with Crippen LogP contribution in [0, 0.1) is 0 Å². The van der Waals surface area contributed by atoms with E-state index in [2.05, 4.69) is 0 Å². The molecular formula is C24H27ClN2O4S. The van der Waals surface area contributed by atoms with Gasteiger partial charge in [0.05, 0.1) is 11.6 Å². The number of amides is 1. The largest absolute Gasteiger partial charge is 0.493 e. The summed E-state index contributed by atoms with van der Waals surface area (Å²) >= 11 is 6.13. The van der Waals surface area contributed by atoms with Gasteiger partial charge in [-0.15, -0.1) is 0 Å². The quantitative estimate of drug-likeness (QED) is 0.470. The predicted octanol–water partition coefficient (Wildman–Crippen LogP) is 4.80. The minimum Gasteiger partial charge on any atom is -0.493 e. The van der Waals surface area contributed by atoms with E-state index in [1.54, 1.807) is 11.9 Å². The fraction of sp³-hybridized carbons (Fsp3) is 0.292. The average Bonchev–Trinajstić information content (AvgIpc) is 2.78. The second kappa shape index (κ2) is 9.90. The standard InChI is InChI=1S/C24H27ClN2O4S/c1-5-14-31-22-13-11-17-8-6-7-9-19(17)20(22)16-27(4)24(28)18-10-12-21(25)23(15-18)32(29,30)26(2)3/h6-13,15H,5,14,16H2,1-4H3. The van der Waals surface area contributed by atoms with E-state index in [1.807, 2.05) is 43.3 Å². The second-order valence-electron chi connectivity index (χ2n) is 7.71. The highest BCUT2D eigenvalue weighted by Crippen LogP contribution is 2.30. The molecule has 0 aliphatic heterocycles. The van der Waals surface area contributed by atoms with Crippen molar-refractivity contribution in [3.8, 4) is 5.75 Å². The summed E-state index contributed by atoms with van der Waals surface area (Å²) in [6.07, 6.45) is 0.870. The summed E-state index contributed by atoms with van der Waals surface area (Å²) in [5.41, 5.74) is 1.15. The Bertz CT molecular complexity index is 1240. The van der Waals surface area contributed by atoms with Crippen LogP contribution in [-0.4, -0.2) is 51.3 Å². The van der Waals surface area contributed by atoms with Crippen LogP contribution < -0.4 is 4.74 Å². The fourth-order valence-corrected chi connectivity index (χ4v) is 4.78. The number of nitrogens with zero attached hydrogens (tertiary/aromatic N) is 2. The van der Waals surface area contributed by atoms with Crippen molar-refractivity contribution >= 4 is 38.3 Å². The molecule has 0 fully saturated rings. The number of hydrogen-bond acceptors (Lipinski definition) is 4. The Labute approximate surface area is 194 Å². The minimum atomic E-state index is -3.78. The molecule has 170 valence electrons. The minimum absolute atomic E-state index is 0.0715. The van der Waals surface area contributed by atoms with Gasteiger partial charge in [0.2, 0.25) is 10.0 Å². The van der Waals surface area contributed by atoms with Crippen LogP contribution >= 0.6 is 11.6 Å². The Morgan fingerprint density at radius 2 is 1.75 bits per heavy atom. The van der Waals surface area contributed by atoms with Gasteiger partial charge in [-0.2, -0.15) is 0 Å². The van der Waals surface area contributed by atoms with E-state index < -0.39 is 10.0 Å². The maximum atomic E-state index is 13.2. The van der Waals surface area contributed by atoms with Crippen LogP contribution in [0.25, 0.3) is 10.8 Å². The molecule has 0 atom stereocenters. The van der Waals surface area contributed by atoms with Crippen LogP contribution in [0.1, 0.15) is 29.3 Å². The number of halogens is 1. The molecule has 3 aromatic carbocycles. The van der Waals surface area contributed by atoms with Gasteiger partial charge in [-0.05, 0) is 41.5 Å². The highest BCUT2D eigenvalue weighted by Gasteiger charge is 2.24. The first kappa shape index (κ1) is 24.0. The highest BCUT2D eigenvalue weighted by molar-refractivity contribution is 7.89. The van der Waals surface area contributed by atoms with Crippen LogP contribution in [-0.2, 0) is 16.6 Å². The third-order valence-electron chi connectivity index (χ3n) is 5.14. The summed E-state index contributed by atoms with van der Waals surface area (Å²) in [6, 6.07) is 16.2. The van der Waals surface area contributed by atoms with Crippen LogP contribution in [0.5, 0.6) is 5.75 Å². The number of ether oxygens (including phenoxy) is 1. The smallest absolute Gasteiger partial charge is 0.253 e. The Balaban J connectivity index is 1.97. The van der Waals surface area contributed by atoms with Gasteiger partial charge < -0.3 is 9.64 Å². The highest BCUT2D eigenvalue weighted by atomic mass is 35.5. The van der Waals surface area contributed by atoms with Gasteiger partial charge in [-0.25, -0.2) is 12.7 Å². The third kappa shape index (κ3) is 4.90. The maximum absolute atomic E-state index is 13.2. The molecule has 0 N–H and O–H groups in total. The average molecular weight is 475 g/mol. The van der Waals surface area contributed by atoms with Crippen molar-refractivity contribution in [2.45, 2.75) is 24.8 Å². The van der Waals surface area contributed by atoms with E-state index in [-0.39, 0.29) is 21.4 Å². The molecule has 6 nitrogen and oxygen atoms in total. The van der Waals surface area contributed by atoms with Gasteiger partial charge in [0, 0.05) is 38.8 Å². The Kier molecular flexibility index (Phi) is 7.44. The summed E-state index contributed by atoms with van der Waals surface area (Å²) in [5.74, 6) is 0.420. The first-order valence-electron chi connectivity index (χ1n) is 10.3. The number of sulfonamides is 1. The molecule has 0 saturated carbocycles. The molecular weight excluding hydrogens is 448 g/mol. The zero-order valence-electron chi connectivity index (χ0n) is 18.6. The fourth-order valence-electron chi connectivity index (χ4n) is 3.39. The molecule has 0 aliphatic carbocycles. The van der Waals surface area contributed by atoms with Crippen molar-refractivity contribution < 1.29 is 17.9 Å². The number of hydrogen-bond donors (Lipinski definition) is 0. The molecule has 3 rings (SSSR count). The van der Waals surface area contributed by atoms with Crippen LogP contribution in [0.3, 0.4) is 0 Å². The van der Waals surface area contributed by atoms with Crippen LogP contribution in [0.15, 0.2) is 59.5 Å². The van der Waals surface area contributed by atoms with Crippen molar-refractivity contribution in [3.63, 3.8) is 0 Å². The first-order chi connectivity index (χ1) is 15.2. The van der Waals surface area contributed by atoms with E-state index in [9.17, 15) is 13.2 Å². The van der Waals surface area contributed by atoms with Gasteiger partial charge in [-0.3, -0.25) is 4.79 Å². The number of fused-ring (bicyclic) bond motifs is 1. The zero-order valence-corrected chi connectivity index (χ0v) is 20.2. The maximum Gasteiger partial charge on any atom is 0.253 e. The predicted molar refractivity (Wildman–Crippen MR) is 128 cm³/mol. The van der Waals surface area contributed by atoms with E-state index in [0.29, 0.717) is 13.2 Å². The van der Waals surface area contributed by atoms with Gasteiger partial charge in [-0.1, -0.05) is 48.9 Å². The number of rotatable bonds is 8. The molecule has 0 aromatic heterocycles. The third-order valence-corrected chi connectivity index (χ3v) is 7.43.